The Morgan fingerprint density at radius 2 is 1.70 bits per heavy atom. The monoisotopic (exact) mass is 365 g/mol. The largest absolute Gasteiger partial charge is 0.455 e. The van der Waals surface area contributed by atoms with Gasteiger partial charge in [-0.3, -0.25) is 9.59 Å². The highest BCUT2D eigenvalue weighted by Crippen LogP contribution is 2.23. The molecule has 1 N–H and O–H groups in total. The van der Waals surface area contributed by atoms with Crippen molar-refractivity contribution < 1.29 is 18.7 Å². The molecule has 0 saturated heterocycles. The van der Waals surface area contributed by atoms with E-state index in [1.54, 1.807) is 0 Å². The van der Waals surface area contributed by atoms with Crippen molar-refractivity contribution in [2.45, 2.75) is 19.4 Å². The van der Waals surface area contributed by atoms with E-state index in [2.05, 4.69) is 5.32 Å². The van der Waals surface area contributed by atoms with Gasteiger partial charge >= 0.3 is 5.97 Å². The third-order valence-corrected chi connectivity index (χ3v) is 4.29. The predicted molar refractivity (Wildman–Crippen MR) is 102 cm³/mol. The van der Waals surface area contributed by atoms with E-state index in [9.17, 15) is 14.0 Å². The molecule has 0 aromatic heterocycles. The summed E-state index contributed by atoms with van der Waals surface area (Å²) in [7, 11) is 0. The van der Waals surface area contributed by atoms with Gasteiger partial charge in [0.25, 0.3) is 5.91 Å². The van der Waals surface area contributed by atoms with E-state index in [4.69, 9.17) is 4.74 Å². The third-order valence-electron chi connectivity index (χ3n) is 4.29. The van der Waals surface area contributed by atoms with E-state index in [1.165, 1.54) is 24.3 Å². The molecule has 3 rings (SSSR count). The summed E-state index contributed by atoms with van der Waals surface area (Å²) in [5.41, 5.74) is 1.63. The van der Waals surface area contributed by atoms with Crippen molar-refractivity contribution in [2.24, 2.45) is 0 Å². The first-order valence-electron chi connectivity index (χ1n) is 8.70. The predicted octanol–water partition coefficient (Wildman–Crippen LogP) is 3.94. The Morgan fingerprint density at radius 1 is 1.00 bits per heavy atom. The van der Waals surface area contributed by atoms with Crippen LogP contribution < -0.4 is 5.32 Å². The summed E-state index contributed by atoms with van der Waals surface area (Å²) in [6.45, 7) is 1.54. The van der Waals surface area contributed by atoms with E-state index in [0.29, 0.717) is 5.56 Å². The molecule has 0 aliphatic heterocycles. The van der Waals surface area contributed by atoms with Crippen molar-refractivity contribution in [3.63, 3.8) is 0 Å². The van der Waals surface area contributed by atoms with Crippen LogP contribution in [0.2, 0.25) is 0 Å². The molecule has 27 heavy (non-hydrogen) atoms. The molecule has 0 saturated carbocycles. The number of halogens is 1. The topological polar surface area (TPSA) is 55.4 Å². The van der Waals surface area contributed by atoms with Crippen molar-refractivity contribution in [3.05, 3.63) is 83.7 Å². The van der Waals surface area contributed by atoms with Gasteiger partial charge in [0.2, 0.25) is 0 Å². The molecule has 0 spiro atoms. The number of fused-ring (bicyclic) bond motifs is 1. The molecule has 3 aromatic carbocycles. The number of amides is 1. The van der Waals surface area contributed by atoms with Crippen LogP contribution in [0.15, 0.2) is 66.7 Å². The van der Waals surface area contributed by atoms with Gasteiger partial charge in [-0.05, 0) is 41.0 Å². The Morgan fingerprint density at radius 3 is 2.48 bits per heavy atom. The fraction of sp³-hybridized carbons (Fsp3) is 0.182. The first-order chi connectivity index (χ1) is 13.0. The molecule has 0 fully saturated rings. The van der Waals surface area contributed by atoms with Crippen LogP contribution in [0.25, 0.3) is 10.8 Å². The first kappa shape index (κ1) is 18.6. The van der Waals surface area contributed by atoms with Crippen LogP contribution in [-0.4, -0.2) is 18.5 Å². The van der Waals surface area contributed by atoms with Gasteiger partial charge in [0.15, 0.2) is 6.61 Å². The average molecular weight is 365 g/mol. The lowest BCUT2D eigenvalue weighted by Gasteiger charge is -2.16. The van der Waals surface area contributed by atoms with E-state index in [0.717, 1.165) is 16.3 Å². The van der Waals surface area contributed by atoms with E-state index >= 15 is 0 Å². The molecule has 1 amide bonds. The maximum absolute atomic E-state index is 12.9. The maximum atomic E-state index is 12.9. The number of benzene rings is 3. The Labute approximate surface area is 157 Å². The van der Waals surface area contributed by atoms with Gasteiger partial charge < -0.3 is 10.1 Å². The van der Waals surface area contributed by atoms with Gasteiger partial charge in [-0.25, -0.2) is 4.39 Å². The average Bonchev–Trinajstić information content (AvgIpc) is 2.67. The Bertz CT molecular complexity index is 948. The highest BCUT2D eigenvalue weighted by molar-refractivity contribution is 5.87. The van der Waals surface area contributed by atoms with Crippen molar-refractivity contribution in [1.82, 2.24) is 5.32 Å². The molecule has 0 unspecified atom stereocenters. The number of nitrogens with one attached hydrogen (secondary N) is 1. The van der Waals surface area contributed by atoms with Crippen molar-refractivity contribution in [1.29, 1.82) is 0 Å². The summed E-state index contributed by atoms with van der Waals surface area (Å²) in [5, 5.41) is 5.02. The normalized spacial score (nSPS) is 11.8. The minimum absolute atomic E-state index is 0.00750. The van der Waals surface area contributed by atoms with Crippen LogP contribution in [0.4, 0.5) is 4.39 Å². The smallest absolute Gasteiger partial charge is 0.310 e. The molecule has 138 valence electrons. The summed E-state index contributed by atoms with van der Waals surface area (Å²) in [5.74, 6) is -1.27. The molecule has 0 heterocycles. The van der Waals surface area contributed by atoms with Crippen LogP contribution in [0.5, 0.6) is 0 Å². The Balaban J connectivity index is 1.54. The number of esters is 1. The van der Waals surface area contributed by atoms with Gasteiger partial charge in [0.1, 0.15) is 5.82 Å². The van der Waals surface area contributed by atoms with Gasteiger partial charge in [0.05, 0.1) is 12.5 Å². The zero-order valence-corrected chi connectivity index (χ0v) is 14.9. The van der Waals surface area contributed by atoms with Crippen LogP contribution in [0.3, 0.4) is 0 Å². The summed E-state index contributed by atoms with van der Waals surface area (Å²) in [4.78, 5) is 24.0. The number of carbonyl (C=O) groups excluding carboxylic acids is 2. The second-order valence-electron chi connectivity index (χ2n) is 6.32. The van der Waals surface area contributed by atoms with Crippen LogP contribution in [0.1, 0.15) is 24.1 Å². The molecule has 4 nitrogen and oxygen atoms in total. The highest BCUT2D eigenvalue weighted by atomic mass is 19.1. The summed E-state index contributed by atoms with van der Waals surface area (Å²) in [6, 6.07) is 19.2. The number of hydrogen-bond donors (Lipinski definition) is 1. The van der Waals surface area contributed by atoms with E-state index < -0.39 is 5.97 Å². The Hall–Kier alpha value is -3.21. The third kappa shape index (κ3) is 4.91. The zero-order chi connectivity index (χ0) is 19.2. The van der Waals surface area contributed by atoms with Crippen LogP contribution in [0, 0.1) is 5.82 Å². The fourth-order valence-corrected chi connectivity index (χ4v) is 2.95. The second kappa shape index (κ2) is 8.45. The zero-order valence-electron chi connectivity index (χ0n) is 14.9. The molecule has 5 heteroatoms. The number of ether oxygens (including phenoxy) is 1. The van der Waals surface area contributed by atoms with E-state index in [-0.39, 0.29) is 30.8 Å². The second-order valence-corrected chi connectivity index (χ2v) is 6.32. The van der Waals surface area contributed by atoms with Crippen LogP contribution >= 0.6 is 0 Å². The van der Waals surface area contributed by atoms with Gasteiger partial charge in [0, 0.05) is 0 Å². The van der Waals surface area contributed by atoms with Gasteiger partial charge in [-0.1, -0.05) is 54.6 Å². The standard InChI is InChI=1S/C22H20FNO3/c1-15(19-8-4-6-17-5-2-3-7-20(17)19)24-21(25)14-27-22(26)13-16-9-11-18(23)12-10-16/h2-12,15H,13-14H2,1H3,(H,24,25)/t15-/m1/s1. The van der Waals surface area contributed by atoms with Crippen LogP contribution in [-0.2, 0) is 20.7 Å². The Kier molecular flexibility index (Phi) is 5.81. The van der Waals surface area contributed by atoms with Gasteiger partial charge in [-0.2, -0.15) is 0 Å². The fourth-order valence-electron chi connectivity index (χ4n) is 2.95. The molecular weight excluding hydrogens is 345 g/mol. The minimum atomic E-state index is -0.533. The lowest BCUT2D eigenvalue weighted by atomic mass is 10.00. The molecule has 0 radical (unpaired) electrons. The molecule has 0 aliphatic rings. The van der Waals surface area contributed by atoms with Crippen molar-refractivity contribution in [3.8, 4) is 0 Å². The quantitative estimate of drug-likeness (QED) is 0.673. The SMILES string of the molecule is C[C@@H](NC(=O)COC(=O)Cc1ccc(F)cc1)c1cccc2ccccc12. The summed E-state index contributed by atoms with van der Waals surface area (Å²) in [6.07, 6.45) is -0.00750. The van der Waals surface area contributed by atoms with Gasteiger partial charge in [-0.15, -0.1) is 0 Å². The molecule has 3 aromatic rings. The highest BCUT2D eigenvalue weighted by Gasteiger charge is 2.14. The van der Waals surface area contributed by atoms with Crippen molar-refractivity contribution >= 4 is 22.6 Å². The lowest BCUT2D eigenvalue weighted by molar-refractivity contribution is -0.148. The minimum Gasteiger partial charge on any atom is -0.455 e. The summed E-state index contributed by atoms with van der Waals surface area (Å²) >= 11 is 0. The molecular formula is C22H20FNO3. The maximum Gasteiger partial charge on any atom is 0.310 e. The summed E-state index contributed by atoms with van der Waals surface area (Å²) < 4.78 is 17.9. The number of rotatable bonds is 6. The molecule has 0 bridgehead atoms. The van der Waals surface area contributed by atoms with Crippen molar-refractivity contribution in [2.75, 3.05) is 6.61 Å². The number of carbonyl (C=O) groups is 2. The molecule has 1 atom stereocenters. The number of hydrogen-bond acceptors (Lipinski definition) is 3. The lowest BCUT2D eigenvalue weighted by Crippen LogP contribution is -2.31. The van der Waals surface area contributed by atoms with E-state index in [1.807, 2.05) is 49.4 Å². The first-order valence-corrected chi connectivity index (χ1v) is 8.70. The molecule has 0 aliphatic carbocycles.